The summed E-state index contributed by atoms with van der Waals surface area (Å²) in [6.45, 7) is 0. The standard InChI is InChI=1S/C11H17NO3/c1-15-11(14)12-9-3-2-4-10(12)6-8(5-9)7-13/h7-10H,2-6H2,1H3. The largest absolute Gasteiger partial charge is 0.453 e. The summed E-state index contributed by atoms with van der Waals surface area (Å²) < 4.78 is 4.79. The van der Waals surface area contributed by atoms with E-state index in [1.54, 1.807) is 0 Å². The summed E-state index contributed by atoms with van der Waals surface area (Å²) in [6, 6.07) is 0.445. The van der Waals surface area contributed by atoms with Crippen molar-refractivity contribution < 1.29 is 14.3 Å². The van der Waals surface area contributed by atoms with Crippen LogP contribution in [-0.2, 0) is 9.53 Å². The number of amides is 1. The van der Waals surface area contributed by atoms with Gasteiger partial charge in [-0.3, -0.25) is 0 Å². The molecule has 2 atom stereocenters. The molecule has 1 amide bonds. The number of piperidine rings is 2. The molecule has 0 aliphatic carbocycles. The van der Waals surface area contributed by atoms with Gasteiger partial charge in [-0.05, 0) is 32.1 Å². The summed E-state index contributed by atoms with van der Waals surface area (Å²) in [6.07, 6.45) is 5.62. The van der Waals surface area contributed by atoms with E-state index in [1.165, 1.54) is 7.11 Å². The van der Waals surface area contributed by atoms with E-state index in [9.17, 15) is 9.59 Å². The highest BCUT2D eigenvalue weighted by molar-refractivity contribution is 5.69. The first-order valence-corrected chi connectivity index (χ1v) is 5.58. The first-order chi connectivity index (χ1) is 7.26. The number of methoxy groups -OCH3 is 1. The van der Waals surface area contributed by atoms with Gasteiger partial charge < -0.3 is 14.4 Å². The van der Waals surface area contributed by atoms with E-state index in [2.05, 4.69) is 0 Å². The van der Waals surface area contributed by atoms with Crippen molar-refractivity contribution in [3.05, 3.63) is 0 Å². The second-order valence-electron chi connectivity index (χ2n) is 4.48. The SMILES string of the molecule is COC(=O)N1C2CCCC1CC(C=O)C2. The maximum Gasteiger partial charge on any atom is 0.409 e. The van der Waals surface area contributed by atoms with Crippen molar-refractivity contribution in [1.82, 2.24) is 4.90 Å². The Morgan fingerprint density at radius 2 is 1.93 bits per heavy atom. The zero-order valence-electron chi connectivity index (χ0n) is 9.02. The van der Waals surface area contributed by atoms with E-state index in [1.807, 2.05) is 4.90 Å². The molecule has 2 bridgehead atoms. The Labute approximate surface area is 89.6 Å². The average Bonchev–Trinajstić information content (AvgIpc) is 2.26. The van der Waals surface area contributed by atoms with Gasteiger partial charge in [-0.15, -0.1) is 0 Å². The Hall–Kier alpha value is -1.06. The lowest BCUT2D eigenvalue weighted by molar-refractivity contribution is -0.114. The summed E-state index contributed by atoms with van der Waals surface area (Å²) in [5.74, 6) is 0.140. The van der Waals surface area contributed by atoms with Gasteiger partial charge in [0.05, 0.1) is 7.11 Å². The van der Waals surface area contributed by atoms with Crippen molar-refractivity contribution in [2.45, 2.75) is 44.2 Å². The zero-order chi connectivity index (χ0) is 10.8. The molecule has 2 rings (SSSR count). The number of hydrogen-bond donors (Lipinski definition) is 0. The Morgan fingerprint density at radius 1 is 1.33 bits per heavy atom. The van der Waals surface area contributed by atoms with Crippen molar-refractivity contribution in [2.75, 3.05) is 7.11 Å². The number of hydrogen-bond acceptors (Lipinski definition) is 3. The lowest BCUT2D eigenvalue weighted by atomic mass is 9.79. The van der Waals surface area contributed by atoms with E-state index in [-0.39, 0.29) is 24.1 Å². The van der Waals surface area contributed by atoms with Crippen molar-refractivity contribution in [3.8, 4) is 0 Å². The minimum atomic E-state index is -0.228. The van der Waals surface area contributed by atoms with Gasteiger partial charge in [0.1, 0.15) is 6.29 Å². The molecule has 0 aromatic heterocycles. The minimum Gasteiger partial charge on any atom is -0.453 e. The molecule has 2 aliphatic rings. The monoisotopic (exact) mass is 211 g/mol. The molecule has 4 nitrogen and oxygen atoms in total. The van der Waals surface area contributed by atoms with Gasteiger partial charge in [0, 0.05) is 18.0 Å². The molecule has 15 heavy (non-hydrogen) atoms. The van der Waals surface area contributed by atoms with Crippen molar-refractivity contribution >= 4 is 12.4 Å². The highest BCUT2D eigenvalue weighted by Gasteiger charge is 2.41. The molecular formula is C11H17NO3. The summed E-state index contributed by atoms with van der Waals surface area (Å²) in [5, 5.41) is 0. The van der Waals surface area contributed by atoms with Crippen LogP contribution in [0, 0.1) is 5.92 Å². The predicted octanol–water partition coefficient (Wildman–Crippen LogP) is 1.58. The fourth-order valence-corrected chi connectivity index (χ4v) is 2.94. The highest BCUT2D eigenvalue weighted by atomic mass is 16.5. The van der Waals surface area contributed by atoms with Crippen LogP contribution in [0.5, 0.6) is 0 Å². The van der Waals surface area contributed by atoms with Gasteiger partial charge in [0.15, 0.2) is 0 Å². The smallest absolute Gasteiger partial charge is 0.409 e. The lowest BCUT2D eigenvalue weighted by Crippen LogP contribution is -2.54. The molecule has 2 heterocycles. The van der Waals surface area contributed by atoms with Crippen LogP contribution in [0.1, 0.15) is 32.1 Å². The second-order valence-corrected chi connectivity index (χ2v) is 4.48. The van der Waals surface area contributed by atoms with Gasteiger partial charge >= 0.3 is 6.09 Å². The molecule has 0 N–H and O–H groups in total. The zero-order valence-corrected chi connectivity index (χ0v) is 9.02. The molecule has 4 heteroatoms. The third-order valence-electron chi connectivity index (χ3n) is 3.59. The highest BCUT2D eigenvalue weighted by Crippen LogP contribution is 2.36. The quantitative estimate of drug-likeness (QED) is 0.619. The summed E-state index contributed by atoms with van der Waals surface area (Å²) in [4.78, 5) is 24.2. The van der Waals surface area contributed by atoms with E-state index in [4.69, 9.17) is 4.74 Å². The number of aldehydes is 1. The number of carbonyl (C=O) groups is 2. The van der Waals surface area contributed by atoms with Gasteiger partial charge in [-0.25, -0.2) is 4.79 Å². The van der Waals surface area contributed by atoms with Crippen LogP contribution >= 0.6 is 0 Å². The normalized spacial score (nSPS) is 34.7. The molecular weight excluding hydrogens is 194 g/mol. The molecule has 2 unspecified atom stereocenters. The second kappa shape index (κ2) is 4.21. The van der Waals surface area contributed by atoms with Crippen LogP contribution in [-0.4, -0.2) is 36.5 Å². The molecule has 0 radical (unpaired) electrons. The van der Waals surface area contributed by atoms with Crippen molar-refractivity contribution in [1.29, 1.82) is 0 Å². The van der Waals surface area contributed by atoms with Crippen LogP contribution in [0.25, 0.3) is 0 Å². The molecule has 0 spiro atoms. The number of rotatable bonds is 1. The van der Waals surface area contributed by atoms with Gasteiger partial charge in [0.2, 0.25) is 0 Å². The van der Waals surface area contributed by atoms with E-state index < -0.39 is 0 Å². The molecule has 0 aromatic rings. The van der Waals surface area contributed by atoms with E-state index in [0.717, 1.165) is 38.4 Å². The lowest BCUT2D eigenvalue weighted by Gasteiger charge is -2.46. The van der Waals surface area contributed by atoms with Gasteiger partial charge in [0.25, 0.3) is 0 Å². The van der Waals surface area contributed by atoms with Crippen molar-refractivity contribution in [3.63, 3.8) is 0 Å². The Kier molecular flexibility index (Phi) is 2.93. The molecule has 0 saturated carbocycles. The first kappa shape index (κ1) is 10.5. The fourth-order valence-electron chi connectivity index (χ4n) is 2.94. The number of carbonyl (C=O) groups excluding carboxylic acids is 2. The third kappa shape index (κ3) is 1.85. The van der Waals surface area contributed by atoms with Crippen LogP contribution in [0.4, 0.5) is 4.79 Å². The Bertz CT molecular complexity index is 253. The van der Waals surface area contributed by atoms with E-state index in [0.29, 0.717) is 0 Å². The molecule has 2 saturated heterocycles. The van der Waals surface area contributed by atoms with Gasteiger partial charge in [-0.2, -0.15) is 0 Å². The topological polar surface area (TPSA) is 46.6 Å². The molecule has 0 aromatic carbocycles. The van der Waals surface area contributed by atoms with Crippen LogP contribution in [0.3, 0.4) is 0 Å². The number of nitrogens with zero attached hydrogens (tertiary/aromatic N) is 1. The first-order valence-electron chi connectivity index (χ1n) is 5.58. The summed E-state index contributed by atoms with van der Waals surface area (Å²) >= 11 is 0. The van der Waals surface area contributed by atoms with E-state index >= 15 is 0 Å². The van der Waals surface area contributed by atoms with Crippen LogP contribution in [0.2, 0.25) is 0 Å². The van der Waals surface area contributed by atoms with Crippen LogP contribution < -0.4 is 0 Å². The van der Waals surface area contributed by atoms with Gasteiger partial charge in [-0.1, -0.05) is 0 Å². The average molecular weight is 211 g/mol. The summed E-state index contributed by atoms with van der Waals surface area (Å²) in [7, 11) is 1.42. The van der Waals surface area contributed by atoms with Crippen LogP contribution in [0.15, 0.2) is 0 Å². The predicted molar refractivity (Wildman–Crippen MR) is 54.5 cm³/mol. The Morgan fingerprint density at radius 3 is 2.40 bits per heavy atom. The minimum absolute atomic E-state index is 0.140. The summed E-state index contributed by atoms with van der Waals surface area (Å²) in [5.41, 5.74) is 0. The third-order valence-corrected chi connectivity index (χ3v) is 3.59. The number of ether oxygens (including phenoxy) is 1. The molecule has 84 valence electrons. The maximum atomic E-state index is 11.6. The fraction of sp³-hybridized carbons (Fsp3) is 0.818. The Balaban J connectivity index is 2.13. The maximum absolute atomic E-state index is 11.6. The van der Waals surface area contributed by atoms with Crippen molar-refractivity contribution in [2.24, 2.45) is 5.92 Å². The molecule has 2 aliphatic heterocycles. The number of fused-ring (bicyclic) bond motifs is 2. The molecule has 2 fully saturated rings.